The fraction of sp³-hybridized carbons (Fsp3) is 0.600. The van der Waals surface area contributed by atoms with Gasteiger partial charge in [0.05, 0.1) is 0 Å². The van der Waals surface area contributed by atoms with E-state index < -0.39 is 0 Å². The van der Waals surface area contributed by atoms with Gasteiger partial charge in [0.1, 0.15) is 5.75 Å². The summed E-state index contributed by atoms with van der Waals surface area (Å²) in [4.78, 5) is 2.51. The quantitative estimate of drug-likeness (QED) is 0.862. The molecule has 2 rings (SSSR count). The third kappa shape index (κ3) is 3.47. The van der Waals surface area contributed by atoms with E-state index in [4.69, 9.17) is 0 Å². The largest absolute Gasteiger partial charge is 0.508 e. The number of rotatable bonds is 3. The molecule has 3 heteroatoms. The topological polar surface area (TPSA) is 35.5 Å². The molecular weight excluding hydrogens is 224 g/mol. The van der Waals surface area contributed by atoms with Crippen molar-refractivity contribution >= 4 is 0 Å². The first-order valence-corrected chi connectivity index (χ1v) is 6.86. The number of benzene rings is 1. The van der Waals surface area contributed by atoms with E-state index in [1.165, 1.54) is 12.0 Å². The Kier molecular flexibility index (Phi) is 4.25. The zero-order chi connectivity index (χ0) is 13.0. The van der Waals surface area contributed by atoms with Crippen LogP contribution in [0.4, 0.5) is 0 Å². The van der Waals surface area contributed by atoms with Crippen molar-refractivity contribution in [1.82, 2.24) is 10.2 Å². The highest BCUT2D eigenvalue weighted by atomic mass is 16.3. The van der Waals surface area contributed by atoms with E-state index in [1.807, 2.05) is 12.1 Å². The molecule has 2 N–H and O–H groups in total. The predicted molar refractivity (Wildman–Crippen MR) is 74.7 cm³/mol. The van der Waals surface area contributed by atoms with E-state index in [0.29, 0.717) is 5.75 Å². The second kappa shape index (κ2) is 5.72. The molecule has 100 valence electrons. The van der Waals surface area contributed by atoms with Crippen molar-refractivity contribution in [3.05, 3.63) is 29.8 Å². The van der Waals surface area contributed by atoms with Crippen molar-refractivity contribution in [2.45, 2.75) is 38.8 Å². The lowest BCUT2D eigenvalue weighted by Crippen LogP contribution is -2.48. The third-order valence-electron chi connectivity index (χ3n) is 3.90. The number of nitrogens with zero attached hydrogens (tertiary/aromatic N) is 1. The second-order valence-electron chi connectivity index (χ2n) is 5.57. The molecule has 0 aliphatic carbocycles. The average Bonchev–Trinajstić information content (AvgIpc) is 2.55. The van der Waals surface area contributed by atoms with E-state index in [0.717, 1.165) is 32.6 Å². The van der Waals surface area contributed by atoms with Gasteiger partial charge in [-0.3, -0.25) is 4.90 Å². The van der Waals surface area contributed by atoms with Gasteiger partial charge in [-0.2, -0.15) is 0 Å². The molecule has 1 aromatic carbocycles. The van der Waals surface area contributed by atoms with Gasteiger partial charge in [-0.15, -0.1) is 0 Å². The van der Waals surface area contributed by atoms with Crippen LogP contribution in [0.5, 0.6) is 5.75 Å². The van der Waals surface area contributed by atoms with Gasteiger partial charge in [-0.25, -0.2) is 0 Å². The number of aromatic hydroxyl groups is 1. The number of phenols is 1. The molecule has 3 nitrogen and oxygen atoms in total. The van der Waals surface area contributed by atoms with E-state index >= 15 is 0 Å². The lowest BCUT2D eigenvalue weighted by Gasteiger charge is -2.32. The number of hydrogen-bond donors (Lipinski definition) is 2. The van der Waals surface area contributed by atoms with Gasteiger partial charge < -0.3 is 10.4 Å². The molecule has 1 aliphatic rings. The van der Waals surface area contributed by atoms with Crippen molar-refractivity contribution in [3.8, 4) is 5.75 Å². The van der Waals surface area contributed by atoms with Crippen molar-refractivity contribution in [3.63, 3.8) is 0 Å². The van der Waals surface area contributed by atoms with Gasteiger partial charge in [0.25, 0.3) is 0 Å². The Balaban J connectivity index is 2.01. The molecule has 18 heavy (non-hydrogen) atoms. The first-order valence-electron chi connectivity index (χ1n) is 6.86. The van der Waals surface area contributed by atoms with Crippen LogP contribution in [-0.4, -0.2) is 35.2 Å². The van der Waals surface area contributed by atoms with Gasteiger partial charge in [0, 0.05) is 18.6 Å². The number of phenolic OH excluding ortho intramolecular Hbond substituents is 1. The lowest BCUT2D eigenvalue weighted by molar-refractivity contribution is 0.208. The summed E-state index contributed by atoms with van der Waals surface area (Å²) in [5.74, 6) is 0.342. The molecule has 1 heterocycles. The minimum absolute atomic E-state index is 0.230. The normalized spacial score (nSPS) is 25.9. The Hall–Kier alpha value is -1.06. The molecule has 1 unspecified atom stereocenters. The molecule has 1 fully saturated rings. The lowest BCUT2D eigenvalue weighted by atomic mass is 9.98. The summed E-state index contributed by atoms with van der Waals surface area (Å²) in [6, 6.07) is 7.56. The highest BCUT2D eigenvalue weighted by Gasteiger charge is 2.26. The van der Waals surface area contributed by atoms with Crippen molar-refractivity contribution in [1.29, 1.82) is 0 Å². The minimum atomic E-state index is 0.230. The second-order valence-corrected chi connectivity index (χ2v) is 5.57. The first kappa shape index (κ1) is 13.4. The number of nitrogens with one attached hydrogen (secondary N) is 1. The van der Waals surface area contributed by atoms with Gasteiger partial charge in [0.2, 0.25) is 0 Å². The fourth-order valence-electron chi connectivity index (χ4n) is 2.55. The van der Waals surface area contributed by atoms with Crippen LogP contribution in [-0.2, 0) is 6.54 Å². The molecule has 0 spiro atoms. The Bertz CT molecular complexity index is 377. The Morgan fingerprint density at radius 2 is 2.06 bits per heavy atom. The fourth-order valence-corrected chi connectivity index (χ4v) is 2.55. The molecule has 0 radical (unpaired) electrons. The van der Waals surface area contributed by atoms with Crippen LogP contribution in [0, 0.1) is 0 Å². The zero-order valence-electron chi connectivity index (χ0n) is 11.4. The van der Waals surface area contributed by atoms with E-state index in [2.05, 4.69) is 24.1 Å². The van der Waals surface area contributed by atoms with Crippen LogP contribution in [0.1, 0.15) is 32.3 Å². The highest BCUT2D eigenvalue weighted by Crippen LogP contribution is 2.18. The highest BCUT2D eigenvalue weighted by molar-refractivity contribution is 5.25. The third-order valence-corrected chi connectivity index (χ3v) is 3.90. The van der Waals surface area contributed by atoms with Crippen LogP contribution in [0.2, 0.25) is 0 Å². The average molecular weight is 248 g/mol. The van der Waals surface area contributed by atoms with Crippen molar-refractivity contribution in [2.24, 2.45) is 0 Å². The molecule has 1 atom stereocenters. The van der Waals surface area contributed by atoms with Gasteiger partial charge in [0.15, 0.2) is 0 Å². The molecule has 1 saturated heterocycles. The Morgan fingerprint density at radius 3 is 2.72 bits per heavy atom. The summed E-state index contributed by atoms with van der Waals surface area (Å²) in [5.41, 5.74) is 1.50. The van der Waals surface area contributed by atoms with E-state index in [1.54, 1.807) is 12.1 Å². The molecule has 0 saturated carbocycles. The Morgan fingerprint density at radius 1 is 1.33 bits per heavy atom. The number of hydrogen-bond acceptors (Lipinski definition) is 3. The van der Waals surface area contributed by atoms with Crippen LogP contribution >= 0.6 is 0 Å². The maximum atomic E-state index is 9.31. The van der Waals surface area contributed by atoms with E-state index in [-0.39, 0.29) is 5.54 Å². The van der Waals surface area contributed by atoms with Gasteiger partial charge in [-0.05, 0) is 50.6 Å². The SMILES string of the molecule is CCC1(C)CN(Cc2ccc(O)cc2)CCCN1. The summed E-state index contributed by atoms with van der Waals surface area (Å²) >= 11 is 0. The zero-order valence-corrected chi connectivity index (χ0v) is 11.4. The molecular formula is C15H24N2O. The summed E-state index contributed by atoms with van der Waals surface area (Å²) in [7, 11) is 0. The maximum absolute atomic E-state index is 9.31. The standard InChI is InChI=1S/C15H24N2O/c1-3-15(2)12-17(10-4-9-16-15)11-13-5-7-14(18)8-6-13/h5-8,16,18H,3-4,9-12H2,1-2H3. The summed E-state index contributed by atoms with van der Waals surface area (Å²) in [6.45, 7) is 8.86. The summed E-state index contributed by atoms with van der Waals surface area (Å²) in [6.07, 6.45) is 2.35. The maximum Gasteiger partial charge on any atom is 0.115 e. The molecule has 1 aromatic rings. The monoisotopic (exact) mass is 248 g/mol. The predicted octanol–water partition coefficient (Wildman–Crippen LogP) is 2.36. The smallest absolute Gasteiger partial charge is 0.115 e. The Labute approximate surface area is 110 Å². The van der Waals surface area contributed by atoms with Gasteiger partial charge in [-0.1, -0.05) is 19.1 Å². The van der Waals surface area contributed by atoms with Crippen LogP contribution in [0.3, 0.4) is 0 Å². The van der Waals surface area contributed by atoms with Crippen LogP contribution in [0.15, 0.2) is 24.3 Å². The van der Waals surface area contributed by atoms with Crippen LogP contribution in [0.25, 0.3) is 0 Å². The van der Waals surface area contributed by atoms with Gasteiger partial charge >= 0.3 is 0 Å². The van der Waals surface area contributed by atoms with Crippen LogP contribution < -0.4 is 5.32 Å². The summed E-state index contributed by atoms with van der Waals surface area (Å²) in [5, 5.41) is 13.0. The molecule has 0 amide bonds. The first-order chi connectivity index (χ1) is 8.61. The van der Waals surface area contributed by atoms with Crippen molar-refractivity contribution in [2.75, 3.05) is 19.6 Å². The van der Waals surface area contributed by atoms with E-state index in [9.17, 15) is 5.11 Å². The molecule has 0 bridgehead atoms. The molecule has 1 aliphatic heterocycles. The summed E-state index contributed by atoms with van der Waals surface area (Å²) < 4.78 is 0. The molecule has 0 aromatic heterocycles. The minimum Gasteiger partial charge on any atom is -0.508 e. The van der Waals surface area contributed by atoms with Crippen molar-refractivity contribution < 1.29 is 5.11 Å².